The van der Waals surface area contributed by atoms with Crippen LogP contribution in [0.5, 0.6) is 0 Å². The molecule has 2 aromatic heterocycles. The molecule has 136 valence electrons. The summed E-state index contributed by atoms with van der Waals surface area (Å²) >= 11 is 0. The van der Waals surface area contributed by atoms with Gasteiger partial charge < -0.3 is 0 Å². The van der Waals surface area contributed by atoms with Gasteiger partial charge in [-0.15, -0.1) is 0 Å². The number of carbonyl (C=O) groups is 2. The molecule has 0 spiro atoms. The number of carbonyl (C=O) groups excluding carboxylic acids is 2. The molecule has 2 aromatic carbocycles. The van der Waals surface area contributed by atoms with Crippen LogP contribution in [0.15, 0.2) is 24.3 Å². The van der Waals surface area contributed by atoms with E-state index in [0.717, 1.165) is 24.3 Å². The van der Waals surface area contributed by atoms with Gasteiger partial charge >= 0.3 is 0 Å². The molecule has 0 amide bonds. The first-order chi connectivity index (χ1) is 13.3. The van der Waals surface area contributed by atoms with Gasteiger partial charge in [0.05, 0.1) is 22.1 Å². The fourth-order valence-corrected chi connectivity index (χ4v) is 2.96. The molecule has 0 saturated carbocycles. The summed E-state index contributed by atoms with van der Waals surface area (Å²) in [6.07, 6.45) is 0. The third-order valence-electron chi connectivity index (χ3n) is 4.27. The van der Waals surface area contributed by atoms with Crippen LogP contribution in [-0.4, -0.2) is 31.5 Å². The number of halogens is 4. The lowest BCUT2D eigenvalue weighted by molar-refractivity contribution is 0.0965. The summed E-state index contributed by atoms with van der Waals surface area (Å²) in [6.45, 7) is 0. The van der Waals surface area contributed by atoms with E-state index >= 15 is 0 Å². The van der Waals surface area contributed by atoms with E-state index in [4.69, 9.17) is 0 Å². The topological polar surface area (TPSA) is 85.7 Å². The van der Waals surface area contributed by atoms with Crippen LogP contribution in [0.4, 0.5) is 17.6 Å². The lowest BCUT2D eigenvalue weighted by atomic mass is 9.97. The molecule has 0 atom stereocenters. The average molecular weight is 384 g/mol. The van der Waals surface area contributed by atoms with E-state index in [9.17, 15) is 27.2 Å². The van der Waals surface area contributed by atoms with Gasteiger partial charge in [0.1, 0.15) is 22.8 Å². The molecule has 5 rings (SSSR count). The fourth-order valence-electron chi connectivity index (χ4n) is 2.96. The van der Waals surface area contributed by atoms with Crippen molar-refractivity contribution in [1.82, 2.24) is 19.9 Å². The Labute approximate surface area is 151 Å². The third-order valence-corrected chi connectivity index (χ3v) is 4.27. The van der Waals surface area contributed by atoms with Crippen LogP contribution in [0, 0.1) is 23.3 Å². The molecule has 28 heavy (non-hydrogen) atoms. The number of nitrogens with zero attached hydrogens (tertiary/aromatic N) is 4. The summed E-state index contributed by atoms with van der Waals surface area (Å²) in [5.41, 5.74) is -2.18. The summed E-state index contributed by atoms with van der Waals surface area (Å²) < 4.78 is 53.8. The molecular weight excluding hydrogens is 380 g/mol. The van der Waals surface area contributed by atoms with Gasteiger partial charge in [0, 0.05) is 24.3 Å². The second kappa shape index (κ2) is 5.35. The minimum Gasteiger partial charge on any atom is -0.285 e. The minimum absolute atomic E-state index is 0.135. The highest BCUT2D eigenvalue weighted by Crippen LogP contribution is 2.27. The number of rotatable bonds is 0. The Kier molecular flexibility index (Phi) is 3.12. The molecule has 1 aliphatic rings. The van der Waals surface area contributed by atoms with Crippen molar-refractivity contribution in [3.63, 3.8) is 0 Å². The Morgan fingerprint density at radius 1 is 0.464 bits per heavy atom. The van der Waals surface area contributed by atoms with Crippen molar-refractivity contribution in [3.8, 4) is 0 Å². The maximum absolute atomic E-state index is 13.5. The molecule has 0 radical (unpaired) electrons. The molecule has 2 heterocycles. The van der Waals surface area contributed by atoms with Gasteiger partial charge in [-0.3, -0.25) is 9.59 Å². The first-order valence-electron chi connectivity index (χ1n) is 7.76. The molecule has 10 heteroatoms. The first-order valence-corrected chi connectivity index (χ1v) is 7.76. The highest BCUT2D eigenvalue weighted by atomic mass is 19.2. The second-order valence-corrected chi connectivity index (χ2v) is 6.01. The second-order valence-electron chi connectivity index (χ2n) is 6.01. The Hall–Kier alpha value is -3.82. The van der Waals surface area contributed by atoms with E-state index in [1.807, 2.05) is 0 Å². The zero-order valence-corrected chi connectivity index (χ0v) is 13.4. The Morgan fingerprint density at radius 2 is 0.679 bits per heavy atom. The van der Waals surface area contributed by atoms with E-state index in [1.165, 1.54) is 0 Å². The van der Waals surface area contributed by atoms with Crippen LogP contribution in [-0.2, 0) is 0 Å². The van der Waals surface area contributed by atoms with Crippen molar-refractivity contribution in [2.24, 2.45) is 0 Å². The van der Waals surface area contributed by atoms with Gasteiger partial charge in [0.2, 0.25) is 11.6 Å². The number of hydrogen-bond acceptors (Lipinski definition) is 6. The number of benzene rings is 2. The van der Waals surface area contributed by atoms with E-state index in [1.54, 1.807) is 0 Å². The molecule has 0 saturated heterocycles. The van der Waals surface area contributed by atoms with Crippen molar-refractivity contribution in [1.29, 1.82) is 0 Å². The quantitative estimate of drug-likeness (QED) is 0.382. The summed E-state index contributed by atoms with van der Waals surface area (Å²) in [7, 11) is 0. The normalized spacial score (nSPS) is 13.1. The van der Waals surface area contributed by atoms with Gasteiger partial charge in [-0.05, 0) is 0 Å². The van der Waals surface area contributed by atoms with Crippen LogP contribution in [0.25, 0.3) is 22.1 Å². The molecule has 0 N–H and O–H groups in total. The Morgan fingerprint density at radius 3 is 0.893 bits per heavy atom. The van der Waals surface area contributed by atoms with Gasteiger partial charge in [-0.25, -0.2) is 37.5 Å². The van der Waals surface area contributed by atoms with Gasteiger partial charge in [-0.2, -0.15) is 0 Å². The fraction of sp³-hybridized carbons (Fsp3) is 0. The predicted molar refractivity (Wildman–Crippen MR) is 85.8 cm³/mol. The van der Waals surface area contributed by atoms with Crippen molar-refractivity contribution < 1.29 is 27.2 Å². The average Bonchev–Trinajstić information content (AvgIpc) is 2.66. The Balaban J connectivity index is 1.80. The van der Waals surface area contributed by atoms with Gasteiger partial charge in [0.25, 0.3) is 0 Å². The molecular formula is C18H4F4N4O2. The minimum atomic E-state index is -1.19. The molecule has 0 unspecified atom stereocenters. The molecule has 1 aliphatic carbocycles. The van der Waals surface area contributed by atoms with Crippen molar-refractivity contribution in [3.05, 3.63) is 70.3 Å². The zero-order valence-electron chi connectivity index (χ0n) is 13.4. The Bertz CT molecular complexity index is 1200. The van der Waals surface area contributed by atoms with E-state index in [2.05, 4.69) is 19.9 Å². The smallest absolute Gasteiger partial charge is 0.234 e. The standard InChI is InChI=1S/C18H4F4N4O2/c19-5-1-9-10(2-6(5)20)24-14-13(23-9)17(27)15-16(18(14)28)26-12-4-8(22)7(21)3-11(12)25-15/h1-4H. The predicted octanol–water partition coefficient (Wildman–Crippen LogP) is 2.90. The molecule has 0 bridgehead atoms. The SMILES string of the molecule is O=C1c2nc3cc(F)c(F)cc3nc2C(=O)c2nc3cc(F)c(F)cc3nc21. The van der Waals surface area contributed by atoms with E-state index < -0.39 is 57.6 Å². The van der Waals surface area contributed by atoms with Crippen LogP contribution in [0.1, 0.15) is 32.4 Å². The lowest BCUT2D eigenvalue weighted by Crippen LogP contribution is -2.26. The molecule has 0 aliphatic heterocycles. The zero-order chi connectivity index (χ0) is 19.7. The number of hydrogen-bond donors (Lipinski definition) is 0. The summed E-state index contributed by atoms with van der Waals surface area (Å²) in [5.74, 6) is -6.47. The van der Waals surface area contributed by atoms with Crippen molar-refractivity contribution >= 4 is 33.6 Å². The highest BCUT2D eigenvalue weighted by Gasteiger charge is 2.36. The number of aromatic nitrogens is 4. The largest absolute Gasteiger partial charge is 0.285 e. The van der Waals surface area contributed by atoms with Gasteiger partial charge in [-0.1, -0.05) is 0 Å². The van der Waals surface area contributed by atoms with Crippen LogP contribution in [0.2, 0.25) is 0 Å². The maximum Gasteiger partial charge on any atom is 0.234 e. The van der Waals surface area contributed by atoms with Crippen molar-refractivity contribution in [2.45, 2.75) is 0 Å². The summed E-state index contributed by atoms with van der Waals surface area (Å²) in [4.78, 5) is 41.2. The number of fused-ring (bicyclic) bond motifs is 4. The number of ketones is 2. The molecule has 0 fully saturated rings. The maximum atomic E-state index is 13.5. The lowest BCUT2D eigenvalue weighted by Gasteiger charge is -2.15. The summed E-state index contributed by atoms with van der Waals surface area (Å²) in [5, 5.41) is 0. The first kappa shape index (κ1) is 16.4. The van der Waals surface area contributed by atoms with E-state index in [0.29, 0.717) is 0 Å². The summed E-state index contributed by atoms with van der Waals surface area (Å²) in [6, 6.07) is 2.98. The van der Waals surface area contributed by atoms with Crippen molar-refractivity contribution in [2.75, 3.05) is 0 Å². The van der Waals surface area contributed by atoms with Crippen LogP contribution < -0.4 is 0 Å². The van der Waals surface area contributed by atoms with Crippen LogP contribution in [0.3, 0.4) is 0 Å². The van der Waals surface area contributed by atoms with Crippen LogP contribution >= 0.6 is 0 Å². The monoisotopic (exact) mass is 384 g/mol. The third kappa shape index (κ3) is 2.14. The molecule has 4 aromatic rings. The molecule has 6 nitrogen and oxygen atoms in total. The highest BCUT2D eigenvalue weighted by molar-refractivity contribution is 6.26. The van der Waals surface area contributed by atoms with E-state index in [-0.39, 0.29) is 22.1 Å². The van der Waals surface area contributed by atoms with Gasteiger partial charge in [0.15, 0.2) is 23.3 Å².